The molecule has 0 atom stereocenters. The fourth-order valence-electron chi connectivity index (χ4n) is 4.56. The van der Waals surface area contributed by atoms with Crippen LogP contribution in [0, 0.1) is 13.8 Å². The van der Waals surface area contributed by atoms with Gasteiger partial charge in [0.15, 0.2) is 0 Å². The first-order valence-electron chi connectivity index (χ1n) is 8.77. The largest absolute Gasteiger partial charge is 0.0616 e. The predicted molar refractivity (Wildman–Crippen MR) is 104 cm³/mol. The minimum absolute atomic E-state index is 1.14. The number of benzene rings is 4. The Morgan fingerprint density at radius 1 is 0.583 bits per heavy atom. The van der Waals surface area contributed by atoms with E-state index < -0.39 is 0 Å². The minimum Gasteiger partial charge on any atom is -0.0616 e. The van der Waals surface area contributed by atoms with Crippen molar-refractivity contribution in [2.75, 3.05) is 0 Å². The molecular weight excluding hydrogens is 288 g/mol. The van der Waals surface area contributed by atoms with Crippen LogP contribution < -0.4 is 0 Å². The summed E-state index contributed by atoms with van der Waals surface area (Å²) in [6.07, 6.45) is 2.29. The van der Waals surface area contributed by atoms with Gasteiger partial charge in [0.2, 0.25) is 0 Å². The summed E-state index contributed by atoms with van der Waals surface area (Å²) in [5.41, 5.74) is 8.86. The number of hydrogen-bond donors (Lipinski definition) is 0. The van der Waals surface area contributed by atoms with Gasteiger partial charge in [-0.15, -0.1) is 0 Å². The van der Waals surface area contributed by atoms with Gasteiger partial charge in [-0.3, -0.25) is 0 Å². The normalized spacial score (nSPS) is 13.1. The molecule has 0 heteroatoms. The molecule has 0 amide bonds. The lowest BCUT2D eigenvalue weighted by Crippen LogP contribution is -2.08. The average Bonchev–Trinajstić information content (AvgIpc) is 2.62. The van der Waals surface area contributed by atoms with Crippen LogP contribution in [0.4, 0.5) is 0 Å². The van der Waals surface area contributed by atoms with Gasteiger partial charge in [-0.05, 0) is 81.6 Å². The SMILES string of the molecule is Cc1c2c(cc3ccccc13)CCc1cc3ccccc3c(C)c1-2. The summed E-state index contributed by atoms with van der Waals surface area (Å²) in [7, 11) is 0. The van der Waals surface area contributed by atoms with Crippen molar-refractivity contribution in [1.29, 1.82) is 0 Å². The van der Waals surface area contributed by atoms with Gasteiger partial charge in [-0.2, -0.15) is 0 Å². The lowest BCUT2D eigenvalue weighted by atomic mass is 9.78. The summed E-state index contributed by atoms with van der Waals surface area (Å²) in [6, 6.07) is 22.4. The first-order valence-corrected chi connectivity index (χ1v) is 8.77. The molecule has 0 spiro atoms. The highest BCUT2D eigenvalue weighted by atomic mass is 14.3. The molecule has 0 radical (unpaired) electrons. The van der Waals surface area contributed by atoms with Crippen LogP contribution in [0.15, 0.2) is 60.7 Å². The molecule has 0 saturated heterocycles. The van der Waals surface area contributed by atoms with Crippen molar-refractivity contribution in [2.45, 2.75) is 26.7 Å². The fourth-order valence-corrected chi connectivity index (χ4v) is 4.56. The second kappa shape index (κ2) is 4.95. The molecule has 4 aromatic carbocycles. The number of hydrogen-bond acceptors (Lipinski definition) is 0. The predicted octanol–water partition coefficient (Wildman–Crippen LogP) is 6.38. The zero-order chi connectivity index (χ0) is 16.3. The Labute approximate surface area is 142 Å². The van der Waals surface area contributed by atoms with Crippen molar-refractivity contribution < 1.29 is 0 Å². The van der Waals surface area contributed by atoms with E-state index in [4.69, 9.17) is 0 Å². The van der Waals surface area contributed by atoms with Crippen LogP contribution in [-0.2, 0) is 12.8 Å². The van der Waals surface area contributed by atoms with E-state index in [9.17, 15) is 0 Å². The maximum absolute atomic E-state index is 2.41. The Morgan fingerprint density at radius 3 is 1.46 bits per heavy atom. The lowest BCUT2D eigenvalue weighted by Gasteiger charge is -2.26. The average molecular weight is 308 g/mol. The van der Waals surface area contributed by atoms with Crippen LogP contribution in [-0.4, -0.2) is 0 Å². The van der Waals surface area contributed by atoms with Gasteiger partial charge in [0.05, 0.1) is 0 Å². The monoisotopic (exact) mass is 308 g/mol. The highest BCUT2D eigenvalue weighted by molar-refractivity contribution is 5.99. The summed E-state index contributed by atoms with van der Waals surface area (Å²) < 4.78 is 0. The molecule has 0 nitrogen and oxygen atoms in total. The van der Waals surface area contributed by atoms with E-state index in [2.05, 4.69) is 74.5 Å². The van der Waals surface area contributed by atoms with E-state index in [0.29, 0.717) is 0 Å². The molecule has 0 aliphatic heterocycles. The van der Waals surface area contributed by atoms with Gasteiger partial charge in [-0.25, -0.2) is 0 Å². The van der Waals surface area contributed by atoms with Crippen molar-refractivity contribution in [3.63, 3.8) is 0 Å². The van der Waals surface area contributed by atoms with E-state index in [1.54, 1.807) is 0 Å². The van der Waals surface area contributed by atoms with Gasteiger partial charge in [0.1, 0.15) is 0 Å². The Bertz CT molecular complexity index is 1020. The molecule has 4 aromatic rings. The first-order chi connectivity index (χ1) is 11.7. The molecule has 116 valence electrons. The summed E-state index contributed by atoms with van der Waals surface area (Å²) in [6.45, 7) is 4.59. The topological polar surface area (TPSA) is 0 Å². The number of aryl methyl sites for hydroxylation is 4. The summed E-state index contributed by atoms with van der Waals surface area (Å²) in [5.74, 6) is 0. The van der Waals surface area contributed by atoms with Crippen molar-refractivity contribution in [3.8, 4) is 11.1 Å². The third kappa shape index (κ3) is 1.80. The van der Waals surface area contributed by atoms with Crippen LogP contribution in [0.25, 0.3) is 32.7 Å². The van der Waals surface area contributed by atoms with Crippen LogP contribution in [0.5, 0.6) is 0 Å². The van der Waals surface area contributed by atoms with E-state index >= 15 is 0 Å². The zero-order valence-electron chi connectivity index (χ0n) is 14.2. The highest BCUT2D eigenvalue weighted by Crippen LogP contribution is 2.43. The lowest BCUT2D eigenvalue weighted by molar-refractivity contribution is 0.941. The molecule has 5 rings (SSSR count). The zero-order valence-corrected chi connectivity index (χ0v) is 14.2. The molecule has 0 heterocycles. The van der Waals surface area contributed by atoms with Crippen molar-refractivity contribution in [2.24, 2.45) is 0 Å². The maximum Gasteiger partial charge on any atom is -0.0110 e. The summed E-state index contributed by atoms with van der Waals surface area (Å²) >= 11 is 0. The first kappa shape index (κ1) is 13.8. The minimum atomic E-state index is 1.14. The number of rotatable bonds is 0. The fraction of sp³-hybridized carbons (Fsp3) is 0.167. The Balaban J connectivity index is 1.94. The van der Waals surface area contributed by atoms with E-state index in [1.165, 1.54) is 54.9 Å². The second-order valence-electron chi connectivity index (χ2n) is 7.01. The standard InChI is InChI=1S/C24H20/c1-15-21-9-5-3-7-17(21)13-19-11-12-20-14-18-8-4-6-10-22(18)16(2)24(20)23(15)19/h3-10,13-14H,11-12H2,1-2H3. The van der Waals surface area contributed by atoms with Crippen molar-refractivity contribution in [3.05, 3.63) is 82.9 Å². The molecular formula is C24H20. The van der Waals surface area contributed by atoms with Crippen LogP contribution >= 0.6 is 0 Å². The van der Waals surface area contributed by atoms with Crippen LogP contribution in [0.2, 0.25) is 0 Å². The van der Waals surface area contributed by atoms with Crippen LogP contribution in [0.1, 0.15) is 22.3 Å². The molecule has 24 heavy (non-hydrogen) atoms. The molecule has 0 aromatic heterocycles. The molecule has 1 aliphatic carbocycles. The summed E-state index contributed by atoms with van der Waals surface area (Å²) in [4.78, 5) is 0. The van der Waals surface area contributed by atoms with Gasteiger partial charge in [0, 0.05) is 0 Å². The quantitative estimate of drug-likeness (QED) is 0.354. The van der Waals surface area contributed by atoms with Gasteiger partial charge >= 0.3 is 0 Å². The van der Waals surface area contributed by atoms with E-state index in [1.807, 2.05) is 0 Å². The maximum atomic E-state index is 2.41. The molecule has 0 bridgehead atoms. The second-order valence-corrected chi connectivity index (χ2v) is 7.01. The third-order valence-corrected chi connectivity index (χ3v) is 5.69. The van der Waals surface area contributed by atoms with Gasteiger partial charge < -0.3 is 0 Å². The van der Waals surface area contributed by atoms with E-state index in [-0.39, 0.29) is 0 Å². The van der Waals surface area contributed by atoms with Crippen LogP contribution in [0.3, 0.4) is 0 Å². The molecule has 0 unspecified atom stereocenters. The van der Waals surface area contributed by atoms with Crippen molar-refractivity contribution in [1.82, 2.24) is 0 Å². The van der Waals surface area contributed by atoms with Gasteiger partial charge in [0.25, 0.3) is 0 Å². The Kier molecular flexibility index (Phi) is 2.84. The Hall–Kier alpha value is -2.60. The third-order valence-electron chi connectivity index (χ3n) is 5.69. The Morgan fingerprint density at radius 2 is 1.00 bits per heavy atom. The van der Waals surface area contributed by atoms with Gasteiger partial charge in [-0.1, -0.05) is 60.7 Å². The number of fused-ring (bicyclic) bond motifs is 5. The summed E-state index contributed by atoms with van der Waals surface area (Å²) in [5, 5.41) is 5.51. The molecule has 0 saturated carbocycles. The molecule has 0 N–H and O–H groups in total. The molecule has 0 fully saturated rings. The van der Waals surface area contributed by atoms with Crippen molar-refractivity contribution >= 4 is 21.5 Å². The smallest absolute Gasteiger partial charge is 0.0110 e. The highest BCUT2D eigenvalue weighted by Gasteiger charge is 2.22. The van der Waals surface area contributed by atoms with E-state index in [0.717, 1.165) is 12.8 Å². The molecule has 1 aliphatic rings.